The first kappa shape index (κ1) is 37.2. The Kier molecular flexibility index (Phi) is 6.81. The van der Waals surface area contributed by atoms with Gasteiger partial charge in [-0.3, -0.25) is 9.97 Å². The number of pyridine rings is 2. The molecule has 0 aliphatic heterocycles. The first-order valence-corrected chi connectivity index (χ1v) is 26.2. The average Bonchev–Trinajstić information content (AvgIpc) is 3.91. The highest BCUT2D eigenvalue weighted by Gasteiger charge is 2.47. The molecule has 8 bridgehead atoms. The summed E-state index contributed by atoms with van der Waals surface area (Å²) in [5.41, 5.74) is 26.8. The number of hydrogen-bond donors (Lipinski definition) is 0. The third-order valence-electron chi connectivity index (χ3n) is 20.4. The lowest BCUT2D eigenvalue weighted by atomic mass is 9.67. The van der Waals surface area contributed by atoms with Crippen LogP contribution < -0.4 is 0 Å². The van der Waals surface area contributed by atoms with E-state index in [2.05, 4.69) is 135 Å². The van der Waals surface area contributed by atoms with E-state index in [4.69, 9.17) is 9.97 Å². The number of nitrogens with zero attached hydrogens (tertiary/aromatic N) is 3. The number of rotatable bonds is 2. The summed E-state index contributed by atoms with van der Waals surface area (Å²) in [6, 6.07) is 36.2. The number of hydrogen-bond acceptors (Lipinski definition) is 2. The Bertz CT molecular complexity index is 3460. The molecule has 4 aromatic heterocycles. The zero-order valence-corrected chi connectivity index (χ0v) is 39.3. The van der Waals surface area contributed by atoms with Crippen LogP contribution in [0, 0.1) is 23.7 Å². The van der Waals surface area contributed by atoms with Crippen molar-refractivity contribution < 1.29 is 0 Å². The summed E-state index contributed by atoms with van der Waals surface area (Å²) in [5.74, 6) is 5.62. The van der Waals surface area contributed by atoms with Crippen LogP contribution in [0.3, 0.4) is 0 Å². The Labute approximate surface area is 393 Å². The summed E-state index contributed by atoms with van der Waals surface area (Å²) in [6.45, 7) is 9.79. The van der Waals surface area contributed by atoms with Crippen molar-refractivity contribution in [1.29, 1.82) is 0 Å². The van der Waals surface area contributed by atoms with Crippen LogP contribution >= 0.6 is 0 Å². The van der Waals surface area contributed by atoms with E-state index in [1.54, 1.807) is 11.1 Å². The van der Waals surface area contributed by atoms with Gasteiger partial charge in [-0.2, -0.15) is 0 Å². The van der Waals surface area contributed by atoms with Crippen LogP contribution in [0.5, 0.6) is 0 Å². The number of benzene rings is 5. The summed E-state index contributed by atoms with van der Waals surface area (Å²) < 4.78 is 2.73. The number of fused-ring (bicyclic) bond motifs is 12. The molecule has 0 saturated heterocycles. The molecule has 4 atom stereocenters. The van der Waals surface area contributed by atoms with Crippen molar-refractivity contribution in [1.82, 2.24) is 14.4 Å². The summed E-state index contributed by atoms with van der Waals surface area (Å²) in [5, 5.41) is 5.96. The molecular formula is C64H57N3. The van der Waals surface area contributed by atoms with E-state index in [1.165, 1.54) is 180 Å². The molecule has 4 saturated carbocycles. The maximum absolute atomic E-state index is 5.68. The monoisotopic (exact) mass is 867 g/mol. The third kappa shape index (κ3) is 4.53. The maximum atomic E-state index is 5.68. The molecule has 9 aromatic rings. The Morgan fingerprint density at radius 1 is 0.403 bits per heavy atom. The molecule has 0 N–H and O–H groups in total. The van der Waals surface area contributed by atoms with Crippen LogP contribution in [0.25, 0.3) is 82.6 Å². The van der Waals surface area contributed by atoms with Crippen LogP contribution in [0.15, 0.2) is 103 Å². The predicted octanol–water partition coefficient (Wildman–Crippen LogP) is 16.4. The molecule has 4 unspecified atom stereocenters. The SMILES string of the molecule is CC1(C)c2ccccc2-c2ccc(-c3cc(-c4ccc5c(c4)C(C)(C)c4ccccc4-5)c4c5c6c(ncc5n5c7cnc8c(c7c3c45)C3CC4CC(CC8C4)C3)C3CC4CC(C3)CC6C4)cc21. The van der Waals surface area contributed by atoms with Gasteiger partial charge in [0.2, 0.25) is 0 Å². The molecule has 0 radical (unpaired) electrons. The molecule has 3 heteroatoms. The molecule has 10 aliphatic carbocycles. The Hall–Kier alpha value is -5.80. The second-order valence-electron chi connectivity index (χ2n) is 24.5. The fourth-order valence-corrected chi connectivity index (χ4v) is 18.0. The van der Waals surface area contributed by atoms with Crippen molar-refractivity contribution >= 4 is 38.1 Å². The second-order valence-corrected chi connectivity index (χ2v) is 24.5. The Morgan fingerprint density at radius 3 is 1.25 bits per heavy atom. The van der Waals surface area contributed by atoms with Gasteiger partial charge in [-0.05, 0) is 196 Å². The van der Waals surface area contributed by atoms with Gasteiger partial charge in [0.05, 0.1) is 28.9 Å². The van der Waals surface area contributed by atoms with Crippen molar-refractivity contribution in [2.24, 2.45) is 23.7 Å². The lowest BCUT2D eigenvalue weighted by Crippen LogP contribution is -2.25. The fraction of sp³-hybridized carbons (Fsp3) is 0.375. The summed E-state index contributed by atoms with van der Waals surface area (Å²) >= 11 is 0. The largest absolute Gasteiger partial charge is 0.305 e. The van der Waals surface area contributed by atoms with Crippen LogP contribution in [0.4, 0.5) is 0 Å². The molecule has 19 rings (SSSR count). The van der Waals surface area contributed by atoms with Crippen molar-refractivity contribution in [2.75, 3.05) is 0 Å². The molecular weight excluding hydrogens is 811 g/mol. The highest BCUT2D eigenvalue weighted by atomic mass is 15.0. The molecule has 0 amide bonds. The summed E-state index contributed by atoms with van der Waals surface area (Å²) in [4.78, 5) is 11.4. The van der Waals surface area contributed by atoms with Crippen LogP contribution in [0.1, 0.15) is 160 Å². The van der Waals surface area contributed by atoms with Gasteiger partial charge in [-0.15, -0.1) is 0 Å². The summed E-state index contributed by atoms with van der Waals surface area (Å²) in [6.07, 6.45) is 18.1. The zero-order chi connectivity index (χ0) is 44.0. The first-order valence-electron chi connectivity index (χ1n) is 26.2. The van der Waals surface area contributed by atoms with E-state index in [-0.39, 0.29) is 10.8 Å². The Balaban J connectivity index is 1.05. The molecule has 67 heavy (non-hydrogen) atoms. The van der Waals surface area contributed by atoms with Gasteiger partial charge in [0.1, 0.15) is 0 Å². The smallest absolute Gasteiger partial charge is 0.0728 e. The third-order valence-corrected chi connectivity index (χ3v) is 20.4. The molecule has 4 heterocycles. The van der Waals surface area contributed by atoms with Gasteiger partial charge in [0.25, 0.3) is 0 Å². The quantitative estimate of drug-likeness (QED) is 0.173. The van der Waals surface area contributed by atoms with Crippen LogP contribution in [0.2, 0.25) is 0 Å². The fourth-order valence-electron chi connectivity index (χ4n) is 18.0. The van der Waals surface area contributed by atoms with Crippen molar-refractivity contribution in [3.05, 3.63) is 148 Å². The van der Waals surface area contributed by atoms with Gasteiger partial charge < -0.3 is 4.40 Å². The highest BCUT2D eigenvalue weighted by molar-refractivity contribution is 6.31. The van der Waals surface area contributed by atoms with Gasteiger partial charge in [0, 0.05) is 55.6 Å². The van der Waals surface area contributed by atoms with E-state index in [0.29, 0.717) is 23.7 Å². The minimum atomic E-state index is -0.0938. The van der Waals surface area contributed by atoms with Crippen LogP contribution in [-0.2, 0) is 10.8 Å². The maximum Gasteiger partial charge on any atom is 0.0728 e. The predicted molar refractivity (Wildman–Crippen MR) is 274 cm³/mol. The highest BCUT2D eigenvalue weighted by Crippen LogP contribution is 2.62. The van der Waals surface area contributed by atoms with Gasteiger partial charge in [-0.25, -0.2) is 0 Å². The molecule has 4 fully saturated rings. The minimum absolute atomic E-state index is 0.0938. The summed E-state index contributed by atoms with van der Waals surface area (Å²) in [7, 11) is 0. The lowest BCUT2D eigenvalue weighted by molar-refractivity contribution is 0.165. The average molecular weight is 868 g/mol. The standard InChI is InChI=1S/C64H57N3/c1-63(2)48-11-7-5-9-42(48)44-15-13-36(27-50(44)63)46-29-47(37-14-16-45-43-10-6-8-12-49(43)64(3,4)51(45)28-37)57-59-53(31-66-61-41-25-34-18-35(26-41)22-39(21-34)55(59)61)67-52-30-65-60-40-23-32-17-33(24-40)20-38(19-32)54(60)58(52)56(46)62(57)67/h5-16,27-35,38-41H,17-26H2,1-4H3. The topological polar surface area (TPSA) is 30.2 Å². The van der Waals surface area contributed by atoms with Gasteiger partial charge in [-0.1, -0.05) is 100 Å². The van der Waals surface area contributed by atoms with Gasteiger partial charge in [0.15, 0.2) is 0 Å². The number of aromatic nitrogens is 3. The van der Waals surface area contributed by atoms with E-state index in [1.807, 2.05) is 0 Å². The Morgan fingerprint density at radius 2 is 0.806 bits per heavy atom. The van der Waals surface area contributed by atoms with Crippen molar-refractivity contribution in [3.8, 4) is 44.5 Å². The molecule has 5 aromatic carbocycles. The minimum Gasteiger partial charge on any atom is -0.305 e. The second kappa shape index (κ2) is 12.3. The lowest BCUT2D eigenvalue weighted by Gasteiger charge is -2.38. The van der Waals surface area contributed by atoms with E-state index in [9.17, 15) is 0 Å². The van der Waals surface area contributed by atoms with Crippen LogP contribution in [-0.4, -0.2) is 14.4 Å². The molecule has 10 aliphatic rings. The zero-order valence-electron chi connectivity index (χ0n) is 39.3. The first-order chi connectivity index (χ1) is 32.7. The normalized spacial score (nSPS) is 28.2. The molecule has 0 spiro atoms. The van der Waals surface area contributed by atoms with Crippen molar-refractivity contribution in [2.45, 2.75) is 126 Å². The van der Waals surface area contributed by atoms with Crippen molar-refractivity contribution in [3.63, 3.8) is 0 Å². The van der Waals surface area contributed by atoms with Gasteiger partial charge >= 0.3 is 0 Å². The molecule has 3 nitrogen and oxygen atoms in total. The molecule has 328 valence electrons. The van der Waals surface area contributed by atoms with E-state index < -0.39 is 0 Å². The van der Waals surface area contributed by atoms with E-state index >= 15 is 0 Å². The van der Waals surface area contributed by atoms with E-state index in [0.717, 1.165) is 23.7 Å².